The topological polar surface area (TPSA) is 132 Å². The van der Waals surface area contributed by atoms with E-state index in [9.17, 15) is 24.4 Å². The van der Waals surface area contributed by atoms with Crippen LogP contribution in [0.15, 0.2) is 60.7 Å². The maximum atomic E-state index is 12.6. The largest absolute Gasteiger partial charge is 0.478 e. The summed E-state index contributed by atoms with van der Waals surface area (Å²) in [5, 5.41) is 28.1. The number of imide groups is 1. The van der Waals surface area contributed by atoms with Crippen molar-refractivity contribution in [1.29, 1.82) is 0 Å². The van der Waals surface area contributed by atoms with Crippen LogP contribution < -0.4 is 0 Å². The predicted octanol–water partition coefficient (Wildman–Crippen LogP) is 3.40. The molecule has 0 spiro atoms. The van der Waals surface area contributed by atoms with Crippen LogP contribution >= 0.6 is 0 Å². The van der Waals surface area contributed by atoms with Crippen LogP contribution in [0.25, 0.3) is 22.3 Å². The number of carboxylic acids is 2. The summed E-state index contributed by atoms with van der Waals surface area (Å²) in [7, 11) is 0. The number of benzene rings is 3. The molecule has 2 amide bonds. The van der Waals surface area contributed by atoms with Crippen molar-refractivity contribution in [2.75, 3.05) is 0 Å². The normalized spacial score (nSPS) is 12.8. The molecular weight excluding hydrogens is 390 g/mol. The van der Waals surface area contributed by atoms with Gasteiger partial charge in [-0.15, -0.1) is 5.06 Å². The summed E-state index contributed by atoms with van der Waals surface area (Å²) in [6.45, 7) is 0. The standard InChI is InChI=1S/C22H13NO7/c24-19-17-15(11-1-5-13(6-2-11)21(26)27)9-10-16(18(17)20(25)23(19)30)12-3-7-14(8-4-12)22(28)29/h1-10,30H,(H,26,27)(H,28,29). The summed E-state index contributed by atoms with van der Waals surface area (Å²) in [5.74, 6) is -3.98. The summed E-state index contributed by atoms with van der Waals surface area (Å²) >= 11 is 0. The zero-order valence-corrected chi connectivity index (χ0v) is 15.2. The Kier molecular flexibility index (Phi) is 4.41. The summed E-state index contributed by atoms with van der Waals surface area (Å²) in [5.41, 5.74) is 1.84. The van der Waals surface area contributed by atoms with Crippen LogP contribution in [0.3, 0.4) is 0 Å². The number of aromatic carboxylic acids is 2. The fourth-order valence-electron chi connectivity index (χ4n) is 3.42. The summed E-state index contributed by atoms with van der Waals surface area (Å²) in [4.78, 5) is 47.3. The van der Waals surface area contributed by atoms with Crippen molar-refractivity contribution in [2.24, 2.45) is 0 Å². The quantitative estimate of drug-likeness (QED) is 0.449. The van der Waals surface area contributed by atoms with Gasteiger partial charge in [0.15, 0.2) is 0 Å². The van der Waals surface area contributed by atoms with Gasteiger partial charge in [0, 0.05) is 0 Å². The lowest BCUT2D eigenvalue weighted by atomic mass is 9.90. The number of fused-ring (bicyclic) bond motifs is 1. The Labute approximate surface area is 169 Å². The Morgan fingerprint density at radius 1 is 0.600 bits per heavy atom. The Balaban J connectivity index is 1.90. The molecule has 3 N–H and O–H groups in total. The second-order valence-electron chi connectivity index (χ2n) is 6.60. The highest BCUT2D eigenvalue weighted by Gasteiger charge is 2.39. The molecular formula is C22H13NO7. The van der Waals surface area contributed by atoms with E-state index in [0.717, 1.165) is 0 Å². The van der Waals surface area contributed by atoms with E-state index in [-0.39, 0.29) is 27.3 Å². The van der Waals surface area contributed by atoms with Gasteiger partial charge in [0.2, 0.25) is 0 Å². The molecule has 1 heterocycles. The first-order valence-electron chi connectivity index (χ1n) is 8.71. The van der Waals surface area contributed by atoms with Gasteiger partial charge in [0.25, 0.3) is 11.8 Å². The number of rotatable bonds is 4. The molecule has 8 heteroatoms. The number of carbonyl (C=O) groups is 4. The van der Waals surface area contributed by atoms with Crippen molar-refractivity contribution >= 4 is 23.8 Å². The first-order valence-corrected chi connectivity index (χ1v) is 8.71. The molecule has 4 rings (SSSR count). The Morgan fingerprint density at radius 3 is 1.23 bits per heavy atom. The molecule has 148 valence electrons. The molecule has 0 unspecified atom stereocenters. The highest BCUT2D eigenvalue weighted by Crippen LogP contribution is 2.38. The smallest absolute Gasteiger partial charge is 0.335 e. The number of hydroxylamine groups is 2. The van der Waals surface area contributed by atoms with E-state index in [1.54, 1.807) is 12.1 Å². The van der Waals surface area contributed by atoms with Crippen molar-refractivity contribution in [3.63, 3.8) is 0 Å². The minimum Gasteiger partial charge on any atom is -0.478 e. The number of carbonyl (C=O) groups excluding carboxylic acids is 2. The van der Waals surface area contributed by atoms with Gasteiger partial charge in [-0.05, 0) is 46.5 Å². The van der Waals surface area contributed by atoms with Crippen molar-refractivity contribution < 1.29 is 34.6 Å². The lowest BCUT2D eigenvalue weighted by Crippen LogP contribution is -2.25. The van der Waals surface area contributed by atoms with Crippen LogP contribution in [0.5, 0.6) is 0 Å². The lowest BCUT2D eigenvalue weighted by molar-refractivity contribution is -0.0326. The SMILES string of the molecule is O=C(O)c1ccc(-c2ccc(-c3ccc(C(=O)O)cc3)c3c2C(=O)N(O)C3=O)cc1. The third kappa shape index (κ3) is 2.92. The molecule has 0 fully saturated rings. The first-order chi connectivity index (χ1) is 14.3. The third-order valence-corrected chi connectivity index (χ3v) is 4.90. The number of hydrogen-bond donors (Lipinski definition) is 3. The van der Waals surface area contributed by atoms with Gasteiger partial charge < -0.3 is 10.2 Å². The monoisotopic (exact) mass is 403 g/mol. The molecule has 0 aliphatic carbocycles. The molecule has 0 saturated heterocycles. The summed E-state index contributed by atoms with van der Waals surface area (Å²) < 4.78 is 0. The van der Waals surface area contributed by atoms with E-state index in [1.807, 2.05) is 0 Å². The minimum absolute atomic E-state index is 0.00890. The van der Waals surface area contributed by atoms with Crippen LogP contribution in [0, 0.1) is 0 Å². The minimum atomic E-state index is -1.10. The molecule has 0 radical (unpaired) electrons. The van der Waals surface area contributed by atoms with Crippen LogP contribution in [0.1, 0.15) is 41.4 Å². The second-order valence-corrected chi connectivity index (χ2v) is 6.60. The van der Waals surface area contributed by atoms with Crippen LogP contribution in [0.4, 0.5) is 0 Å². The Morgan fingerprint density at radius 2 is 0.933 bits per heavy atom. The highest BCUT2D eigenvalue weighted by molar-refractivity contribution is 6.25. The molecule has 0 atom stereocenters. The average molecular weight is 403 g/mol. The van der Waals surface area contributed by atoms with E-state index in [2.05, 4.69) is 0 Å². The van der Waals surface area contributed by atoms with E-state index in [0.29, 0.717) is 22.3 Å². The van der Waals surface area contributed by atoms with Gasteiger partial charge in [-0.25, -0.2) is 9.59 Å². The molecule has 3 aromatic rings. The fraction of sp³-hybridized carbons (Fsp3) is 0. The van der Waals surface area contributed by atoms with Gasteiger partial charge >= 0.3 is 11.9 Å². The van der Waals surface area contributed by atoms with E-state index >= 15 is 0 Å². The molecule has 30 heavy (non-hydrogen) atoms. The molecule has 1 aliphatic heterocycles. The maximum absolute atomic E-state index is 12.6. The Hall–Kier alpha value is -4.30. The molecule has 0 bridgehead atoms. The number of amides is 2. The molecule has 1 aliphatic rings. The van der Waals surface area contributed by atoms with Gasteiger partial charge in [-0.2, -0.15) is 0 Å². The summed E-state index contributed by atoms with van der Waals surface area (Å²) in [6.07, 6.45) is 0. The zero-order valence-electron chi connectivity index (χ0n) is 15.2. The van der Waals surface area contributed by atoms with Gasteiger partial charge in [-0.1, -0.05) is 36.4 Å². The predicted molar refractivity (Wildman–Crippen MR) is 104 cm³/mol. The third-order valence-electron chi connectivity index (χ3n) is 4.90. The van der Waals surface area contributed by atoms with Crippen molar-refractivity contribution in [1.82, 2.24) is 5.06 Å². The molecule has 3 aromatic carbocycles. The average Bonchev–Trinajstić information content (AvgIpc) is 2.98. The van der Waals surface area contributed by atoms with Crippen LogP contribution in [0.2, 0.25) is 0 Å². The van der Waals surface area contributed by atoms with E-state index < -0.39 is 23.8 Å². The summed E-state index contributed by atoms with van der Waals surface area (Å²) in [6, 6.07) is 14.7. The Bertz CT molecular complexity index is 1130. The van der Waals surface area contributed by atoms with Crippen LogP contribution in [-0.4, -0.2) is 44.2 Å². The molecule has 0 aromatic heterocycles. The van der Waals surface area contributed by atoms with Crippen molar-refractivity contribution in [3.05, 3.63) is 82.9 Å². The number of nitrogens with zero attached hydrogens (tertiary/aromatic N) is 1. The number of hydrogen-bond acceptors (Lipinski definition) is 5. The van der Waals surface area contributed by atoms with Crippen LogP contribution in [-0.2, 0) is 0 Å². The molecule has 8 nitrogen and oxygen atoms in total. The van der Waals surface area contributed by atoms with Crippen molar-refractivity contribution in [3.8, 4) is 22.3 Å². The molecule has 0 saturated carbocycles. The fourth-order valence-corrected chi connectivity index (χ4v) is 3.42. The van der Waals surface area contributed by atoms with Gasteiger partial charge in [0.05, 0.1) is 22.3 Å². The highest BCUT2D eigenvalue weighted by atomic mass is 16.5. The van der Waals surface area contributed by atoms with Gasteiger partial charge in [-0.3, -0.25) is 14.8 Å². The zero-order chi connectivity index (χ0) is 21.6. The van der Waals surface area contributed by atoms with E-state index in [1.165, 1.54) is 48.5 Å². The van der Waals surface area contributed by atoms with Gasteiger partial charge in [0.1, 0.15) is 0 Å². The first kappa shape index (κ1) is 19.0. The second kappa shape index (κ2) is 6.94. The maximum Gasteiger partial charge on any atom is 0.335 e. The van der Waals surface area contributed by atoms with E-state index in [4.69, 9.17) is 10.2 Å². The number of carboxylic acid groups (broad SMARTS) is 2. The van der Waals surface area contributed by atoms with Crippen molar-refractivity contribution in [2.45, 2.75) is 0 Å². The lowest BCUT2D eigenvalue weighted by Gasteiger charge is -2.11.